The van der Waals surface area contributed by atoms with Crippen molar-refractivity contribution in [3.05, 3.63) is 46.6 Å². The minimum atomic E-state index is -1.41. The molecule has 0 saturated carbocycles. The molecular formula is C37H64O10. The molecule has 0 aromatic rings. The predicted molar refractivity (Wildman–Crippen MR) is 183 cm³/mol. The highest BCUT2D eigenvalue weighted by Crippen LogP contribution is 2.31. The Bertz CT molecular complexity index is 1080. The number of carbonyl (C=O) groups excluding carboxylic acids is 1. The van der Waals surface area contributed by atoms with E-state index in [2.05, 4.69) is 26.8 Å². The van der Waals surface area contributed by atoms with Crippen LogP contribution in [0, 0.1) is 29.6 Å². The van der Waals surface area contributed by atoms with Gasteiger partial charge in [-0.15, -0.1) is 0 Å². The second-order valence-electron chi connectivity index (χ2n) is 13.7. The zero-order chi connectivity index (χ0) is 36.2. The lowest BCUT2D eigenvalue weighted by Crippen LogP contribution is -2.60. The number of aliphatic hydroxyl groups excluding tert-OH is 5. The van der Waals surface area contributed by atoms with Crippen molar-refractivity contribution in [1.29, 1.82) is 0 Å². The number of esters is 1. The van der Waals surface area contributed by atoms with Gasteiger partial charge in [-0.1, -0.05) is 72.3 Å². The quantitative estimate of drug-likeness (QED) is 0.0802. The molecule has 1 rings (SSSR count). The van der Waals surface area contributed by atoms with Gasteiger partial charge in [-0.25, -0.2) is 4.79 Å². The lowest BCUT2D eigenvalue weighted by atomic mass is 9.87. The molecule has 0 radical (unpaired) electrons. The van der Waals surface area contributed by atoms with Crippen molar-refractivity contribution in [3.63, 3.8) is 0 Å². The van der Waals surface area contributed by atoms with Crippen molar-refractivity contribution < 1.29 is 49.3 Å². The van der Waals surface area contributed by atoms with E-state index in [9.17, 15) is 30.3 Å². The van der Waals surface area contributed by atoms with Crippen LogP contribution in [0.4, 0.5) is 0 Å². The second-order valence-corrected chi connectivity index (χ2v) is 13.7. The first-order valence-corrected chi connectivity index (χ1v) is 16.9. The minimum Gasteiger partial charge on any atom is -0.466 e. The lowest BCUT2D eigenvalue weighted by Gasteiger charge is -2.43. The summed E-state index contributed by atoms with van der Waals surface area (Å²) in [6.45, 7) is 19.0. The molecule has 272 valence electrons. The van der Waals surface area contributed by atoms with Crippen LogP contribution in [0.2, 0.25) is 0 Å². The first-order valence-electron chi connectivity index (χ1n) is 16.9. The van der Waals surface area contributed by atoms with E-state index in [4.69, 9.17) is 18.9 Å². The molecule has 0 aliphatic carbocycles. The number of carbonyl (C=O) groups is 1. The molecule has 47 heavy (non-hydrogen) atoms. The van der Waals surface area contributed by atoms with Crippen molar-refractivity contribution in [3.8, 4) is 0 Å². The summed E-state index contributed by atoms with van der Waals surface area (Å²) in [4.78, 5) is 11.8. The molecule has 0 aromatic carbocycles. The number of methoxy groups -OCH3 is 2. The molecule has 13 atom stereocenters. The van der Waals surface area contributed by atoms with Gasteiger partial charge in [0.15, 0.2) is 6.29 Å². The molecule has 5 N–H and O–H groups in total. The van der Waals surface area contributed by atoms with Crippen LogP contribution < -0.4 is 0 Å². The Morgan fingerprint density at radius 1 is 0.809 bits per heavy atom. The Kier molecular flexibility index (Phi) is 18.9. The van der Waals surface area contributed by atoms with Gasteiger partial charge in [-0.2, -0.15) is 0 Å². The average molecular weight is 669 g/mol. The fraction of sp³-hybridized carbons (Fsp3) is 0.757. The standard InChI is InChI=1S/C37H64O10/c1-13-20(2)14-21(3)15-26(8)34(47-37-33(42)32(41)35(44-11)29(19-38)46-37)27(9)17-24(6)30(39)22(4)16-23(5)31(40)25(7)18-28(10)36(43)45-12/h15-18,20-22,25,27,29-35,37-42H,13-14,19H2,1-12H3/b23-16-,24-17-,26-15?,28-18-/t20-,21-,22-,25-,27-,29+,30-,31+,32-,33-,34+,35+,37-/m0/s1. The summed E-state index contributed by atoms with van der Waals surface area (Å²) < 4.78 is 22.3. The van der Waals surface area contributed by atoms with Crippen LogP contribution in [0.25, 0.3) is 0 Å². The summed E-state index contributed by atoms with van der Waals surface area (Å²) in [7, 11) is 2.69. The van der Waals surface area contributed by atoms with Crippen LogP contribution in [0.3, 0.4) is 0 Å². The molecule has 1 aliphatic heterocycles. The van der Waals surface area contributed by atoms with Crippen molar-refractivity contribution >= 4 is 5.97 Å². The minimum absolute atomic E-state index is 0.262. The molecule has 0 unspecified atom stereocenters. The van der Waals surface area contributed by atoms with Gasteiger partial charge < -0.3 is 44.5 Å². The van der Waals surface area contributed by atoms with E-state index in [0.717, 1.165) is 18.4 Å². The predicted octanol–water partition coefficient (Wildman–Crippen LogP) is 4.49. The van der Waals surface area contributed by atoms with E-state index in [1.165, 1.54) is 14.2 Å². The van der Waals surface area contributed by atoms with Crippen LogP contribution in [0.15, 0.2) is 46.6 Å². The summed E-state index contributed by atoms with van der Waals surface area (Å²) in [5.41, 5.74) is 2.70. The zero-order valence-electron chi connectivity index (χ0n) is 30.7. The van der Waals surface area contributed by atoms with Crippen LogP contribution in [0.1, 0.15) is 82.1 Å². The van der Waals surface area contributed by atoms with Crippen molar-refractivity contribution in [2.45, 2.75) is 131 Å². The Labute approximate surface area is 283 Å². The molecular weight excluding hydrogens is 604 g/mol. The number of hydrogen-bond acceptors (Lipinski definition) is 10. The third-order valence-corrected chi connectivity index (χ3v) is 9.32. The maximum atomic E-state index is 11.8. The Hall–Kier alpha value is -1.89. The molecule has 1 saturated heterocycles. The molecule has 0 amide bonds. The van der Waals surface area contributed by atoms with Crippen LogP contribution in [-0.4, -0.2) is 101 Å². The molecule has 1 fully saturated rings. The van der Waals surface area contributed by atoms with Gasteiger partial charge in [0.2, 0.25) is 0 Å². The zero-order valence-corrected chi connectivity index (χ0v) is 30.7. The topological polar surface area (TPSA) is 155 Å². The maximum Gasteiger partial charge on any atom is 0.333 e. The third-order valence-electron chi connectivity index (χ3n) is 9.32. The molecule has 0 aromatic heterocycles. The van der Waals surface area contributed by atoms with Crippen molar-refractivity contribution in [1.82, 2.24) is 0 Å². The van der Waals surface area contributed by atoms with E-state index in [0.29, 0.717) is 22.6 Å². The first kappa shape index (κ1) is 43.1. The third kappa shape index (κ3) is 12.8. The number of aliphatic hydroxyl groups is 5. The van der Waals surface area contributed by atoms with Gasteiger partial charge in [0.1, 0.15) is 24.4 Å². The summed E-state index contributed by atoms with van der Waals surface area (Å²) >= 11 is 0. The van der Waals surface area contributed by atoms with Gasteiger partial charge in [0.25, 0.3) is 0 Å². The second kappa shape index (κ2) is 20.6. The normalized spacial score (nSPS) is 28.6. The number of rotatable bonds is 18. The maximum absolute atomic E-state index is 11.8. The van der Waals surface area contributed by atoms with Gasteiger partial charge in [0.05, 0.1) is 32.0 Å². The number of allylic oxidation sites excluding steroid dienone is 1. The molecule has 1 aliphatic rings. The van der Waals surface area contributed by atoms with E-state index >= 15 is 0 Å². The molecule has 1 heterocycles. The van der Waals surface area contributed by atoms with Gasteiger partial charge in [-0.3, -0.25) is 0 Å². The fourth-order valence-corrected chi connectivity index (χ4v) is 6.41. The van der Waals surface area contributed by atoms with Gasteiger partial charge >= 0.3 is 5.97 Å². The Morgan fingerprint density at radius 3 is 1.83 bits per heavy atom. The summed E-state index contributed by atoms with van der Waals surface area (Å²) in [6, 6.07) is 0. The van der Waals surface area contributed by atoms with Gasteiger partial charge in [0, 0.05) is 30.4 Å². The summed E-state index contributed by atoms with van der Waals surface area (Å²) in [5.74, 6) is -0.611. The summed E-state index contributed by atoms with van der Waals surface area (Å²) in [5, 5.41) is 53.7. The van der Waals surface area contributed by atoms with Crippen molar-refractivity contribution in [2.75, 3.05) is 20.8 Å². The van der Waals surface area contributed by atoms with Crippen molar-refractivity contribution in [2.24, 2.45) is 29.6 Å². The molecule has 0 bridgehead atoms. The molecule has 10 heteroatoms. The smallest absolute Gasteiger partial charge is 0.333 e. The highest BCUT2D eigenvalue weighted by molar-refractivity contribution is 5.87. The monoisotopic (exact) mass is 668 g/mol. The Balaban J connectivity index is 3.32. The van der Waals surface area contributed by atoms with E-state index in [1.54, 1.807) is 19.9 Å². The fourth-order valence-electron chi connectivity index (χ4n) is 6.41. The highest BCUT2D eigenvalue weighted by Gasteiger charge is 2.46. The number of ether oxygens (including phenoxy) is 4. The average Bonchev–Trinajstić information content (AvgIpc) is 3.03. The van der Waals surface area contributed by atoms with Crippen LogP contribution in [-0.2, 0) is 23.7 Å². The molecule has 0 spiro atoms. The first-order chi connectivity index (χ1) is 21.9. The molecule has 10 nitrogen and oxygen atoms in total. The Morgan fingerprint density at radius 2 is 1.34 bits per heavy atom. The highest BCUT2D eigenvalue weighted by atomic mass is 16.7. The largest absolute Gasteiger partial charge is 0.466 e. The number of hydrogen-bond donors (Lipinski definition) is 5. The summed E-state index contributed by atoms with van der Waals surface area (Å²) in [6.07, 6.45) is 1.60. The lowest BCUT2D eigenvalue weighted by molar-refractivity contribution is -0.313. The van der Waals surface area contributed by atoms with E-state index < -0.39 is 61.6 Å². The van der Waals surface area contributed by atoms with Gasteiger partial charge in [-0.05, 0) is 62.7 Å². The van der Waals surface area contributed by atoms with Crippen LogP contribution >= 0.6 is 0 Å². The van der Waals surface area contributed by atoms with E-state index in [-0.39, 0.29) is 23.7 Å². The van der Waals surface area contributed by atoms with E-state index in [1.807, 2.05) is 46.8 Å². The van der Waals surface area contributed by atoms with Crippen LogP contribution in [0.5, 0.6) is 0 Å². The SMILES string of the molecule is CC[C@H](C)C[C@H](C)C=C(C)[C@@H](O[C@@H]1O[C@H](CO)[C@@H](OC)[C@@H](O)[C@@H]1O)[C@@H](C)/C=C(/C)[C@@H](O)[C@@H](C)/C=C(/C)[C@@H](O)[C@@H](C)/C=C(/C)C(=O)OC.